The molecule has 7 heteroatoms. The predicted molar refractivity (Wildman–Crippen MR) is 207 cm³/mol. The largest absolute Gasteiger partial charge is 0.334 e. The van der Waals surface area contributed by atoms with Crippen molar-refractivity contribution in [2.24, 2.45) is 14.1 Å². The Morgan fingerprint density at radius 2 is 1.20 bits per heavy atom. The van der Waals surface area contributed by atoms with Crippen LogP contribution < -0.4 is 0 Å². The standard InChI is InChI=1S/C10H10.2C9H9N.C8H8N2.C7H7N3/c1-8-4-2-5-9-6-3-7-10(8)9;1-7-5-10-6-8-3-2-4-9(7)8;1-7-5-6-10-9-4-2-3-8(7)9;1-10-6-9-7-4-2-3-5-8(7)10;1-10-5-9-7-6(10)3-2-4-8-7/h2-5,7H,6H2,1H3;2,4-6H,3H2,1H3;2-3,5-6H,4H2,1H3;2-6H,1H3;2-5H,1H3. The van der Waals surface area contributed by atoms with Gasteiger partial charge in [0.2, 0.25) is 0 Å². The molecule has 7 aromatic rings. The van der Waals surface area contributed by atoms with E-state index >= 15 is 0 Å². The molecule has 5 aromatic heterocycles. The summed E-state index contributed by atoms with van der Waals surface area (Å²) in [7, 11) is 3.95. The molecule has 2 aromatic carbocycles. The molecule has 0 saturated carbocycles. The molecule has 0 unspecified atom stereocenters. The van der Waals surface area contributed by atoms with E-state index in [1.807, 2.05) is 78.5 Å². The van der Waals surface area contributed by atoms with Gasteiger partial charge in [0.05, 0.1) is 34.9 Å². The van der Waals surface area contributed by atoms with Crippen molar-refractivity contribution in [3.63, 3.8) is 0 Å². The van der Waals surface area contributed by atoms with Gasteiger partial charge in [-0.1, -0.05) is 66.8 Å². The molecule has 0 fully saturated rings. The van der Waals surface area contributed by atoms with Crippen molar-refractivity contribution in [2.45, 2.75) is 40.0 Å². The summed E-state index contributed by atoms with van der Waals surface area (Å²) in [5, 5.41) is 0. The highest BCUT2D eigenvalue weighted by Crippen LogP contribution is 2.23. The highest BCUT2D eigenvalue weighted by Gasteiger charge is 2.07. The molecule has 0 aliphatic heterocycles. The number of hydrogen-bond acceptors (Lipinski definition) is 5. The molecule has 0 spiro atoms. The zero-order valence-electron chi connectivity index (χ0n) is 29.5. The van der Waals surface area contributed by atoms with E-state index in [0.29, 0.717) is 0 Å². The highest BCUT2D eigenvalue weighted by atomic mass is 15.0. The third-order valence-electron chi connectivity index (χ3n) is 8.95. The SMILES string of the molecule is Cc1cccc2c1C=CC2.Cc1ccnc2c1C=CC2.Cc1cncc2c1C=CC2.Cn1cnc2ccccc21.Cn1cnc2ncccc21. The number of hydrogen-bond donors (Lipinski definition) is 0. The first-order valence-electron chi connectivity index (χ1n) is 16.9. The van der Waals surface area contributed by atoms with Gasteiger partial charge in [0, 0.05) is 45.3 Å². The van der Waals surface area contributed by atoms with Gasteiger partial charge in [0.25, 0.3) is 0 Å². The molecule has 5 heterocycles. The van der Waals surface area contributed by atoms with Crippen molar-refractivity contribution in [2.75, 3.05) is 0 Å². The van der Waals surface area contributed by atoms with E-state index < -0.39 is 0 Å². The number of imidazole rings is 2. The fourth-order valence-corrected chi connectivity index (χ4v) is 6.15. The average Bonchev–Trinajstić information content (AvgIpc) is 3.99. The number of para-hydroxylation sites is 2. The van der Waals surface area contributed by atoms with E-state index in [1.54, 1.807) is 12.5 Å². The summed E-state index contributed by atoms with van der Waals surface area (Å²) in [5.41, 5.74) is 16.3. The minimum absolute atomic E-state index is 0.810. The number of fused-ring (bicyclic) bond motifs is 5. The smallest absolute Gasteiger partial charge is 0.177 e. The second-order valence-corrected chi connectivity index (χ2v) is 12.5. The van der Waals surface area contributed by atoms with Crippen molar-refractivity contribution in [1.29, 1.82) is 0 Å². The molecule has 0 N–H and O–H groups in total. The zero-order valence-corrected chi connectivity index (χ0v) is 29.5. The maximum atomic E-state index is 4.26. The van der Waals surface area contributed by atoms with Crippen LogP contribution in [0.25, 0.3) is 40.4 Å². The van der Waals surface area contributed by atoms with Gasteiger partial charge < -0.3 is 9.13 Å². The fourth-order valence-electron chi connectivity index (χ4n) is 6.15. The molecule has 3 aliphatic carbocycles. The Hall–Kier alpha value is -5.95. The van der Waals surface area contributed by atoms with Gasteiger partial charge in [-0.05, 0) is 108 Å². The maximum Gasteiger partial charge on any atom is 0.177 e. The van der Waals surface area contributed by atoms with E-state index in [1.165, 1.54) is 55.7 Å². The first kappa shape index (κ1) is 33.9. The molecule has 50 heavy (non-hydrogen) atoms. The van der Waals surface area contributed by atoms with Crippen LogP contribution in [0.3, 0.4) is 0 Å². The van der Waals surface area contributed by atoms with Gasteiger partial charge in [0.15, 0.2) is 5.65 Å². The molecule has 0 bridgehead atoms. The Morgan fingerprint density at radius 1 is 0.520 bits per heavy atom. The summed E-state index contributed by atoms with van der Waals surface area (Å²) in [4.78, 5) is 20.7. The Balaban J connectivity index is 0.000000108. The average molecular weight is 658 g/mol. The first-order chi connectivity index (χ1) is 24.4. The monoisotopic (exact) mass is 657 g/mol. The number of allylic oxidation sites excluding steroid dienone is 3. The second-order valence-electron chi connectivity index (χ2n) is 12.5. The summed E-state index contributed by atoms with van der Waals surface area (Å²) in [6.45, 7) is 6.38. The van der Waals surface area contributed by atoms with E-state index in [9.17, 15) is 0 Å². The van der Waals surface area contributed by atoms with Crippen molar-refractivity contribution < 1.29 is 0 Å². The lowest BCUT2D eigenvalue weighted by Gasteiger charge is -2.00. The van der Waals surface area contributed by atoms with Crippen LogP contribution in [0.15, 0.2) is 116 Å². The van der Waals surface area contributed by atoms with Crippen LogP contribution >= 0.6 is 0 Å². The van der Waals surface area contributed by atoms with Gasteiger partial charge in [-0.2, -0.15) is 0 Å². The Bertz CT molecular complexity index is 2100. The predicted octanol–water partition coefficient (Wildman–Crippen LogP) is 9.02. The maximum absolute atomic E-state index is 4.26. The quantitative estimate of drug-likeness (QED) is 0.163. The molecule has 0 amide bonds. The lowest BCUT2D eigenvalue weighted by molar-refractivity contribution is 0.947. The van der Waals surface area contributed by atoms with E-state index in [-0.39, 0.29) is 0 Å². The van der Waals surface area contributed by atoms with Crippen molar-refractivity contribution in [3.8, 4) is 0 Å². The molecule has 0 atom stereocenters. The Morgan fingerprint density at radius 3 is 1.96 bits per heavy atom. The Kier molecular flexibility index (Phi) is 10.8. The molecule has 3 aliphatic rings. The highest BCUT2D eigenvalue weighted by molar-refractivity contribution is 5.74. The van der Waals surface area contributed by atoms with Gasteiger partial charge >= 0.3 is 0 Å². The normalized spacial score (nSPS) is 12.4. The number of nitrogens with zero attached hydrogens (tertiary/aromatic N) is 7. The number of aryl methyl sites for hydroxylation is 5. The van der Waals surface area contributed by atoms with Crippen molar-refractivity contribution in [3.05, 3.63) is 167 Å². The van der Waals surface area contributed by atoms with Crippen LogP contribution in [0.4, 0.5) is 0 Å². The molecule has 0 radical (unpaired) electrons. The minimum atomic E-state index is 0.810. The van der Waals surface area contributed by atoms with E-state index in [2.05, 4.69) is 112 Å². The summed E-state index contributed by atoms with van der Waals surface area (Å²) in [5.74, 6) is 0. The van der Waals surface area contributed by atoms with Gasteiger partial charge in [0.1, 0.15) is 0 Å². The molecular weight excluding hydrogens is 615 g/mol. The summed E-state index contributed by atoms with van der Waals surface area (Å²) in [6.07, 6.45) is 27.4. The molecule has 7 nitrogen and oxygen atoms in total. The molecular formula is C43H43N7. The van der Waals surface area contributed by atoms with Crippen LogP contribution in [0.5, 0.6) is 0 Å². The van der Waals surface area contributed by atoms with E-state index in [4.69, 9.17) is 0 Å². The van der Waals surface area contributed by atoms with Crippen LogP contribution in [0, 0.1) is 20.8 Å². The number of benzene rings is 2. The van der Waals surface area contributed by atoms with E-state index in [0.717, 1.165) is 35.9 Å². The molecule has 250 valence electrons. The molecule has 0 saturated heterocycles. The van der Waals surface area contributed by atoms with Crippen LogP contribution in [-0.4, -0.2) is 34.1 Å². The summed E-state index contributed by atoms with van der Waals surface area (Å²) in [6, 6.07) is 20.5. The second kappa shape index (κ2) is 16.0. The zero-order chi connectivity index (χ0) is 34.9. The number of rotatable bonds is 0. The van der Waals surface area contributed by atoms with Crippen molar-refractivity contribution >= 4 is 40.4 Å². The van der Waals surface area contributed by atoms with Gasteiger partial charge in [-0.3, -0.25) is 9.97 Å². The summed E-state index contributed by atoms with van der Waals surface area (Å²) >= 11 is 0. The number of pyridine rings is 3. The number of aromatic nitrogens is 7. The van der Waals surface area contributed by atoms with Gasteiger partial charge in [-0.25, -0.2) is 15.0 Å². The third kappa shape index (κ3) is 8.01. The molecule has 10 rings (SSSR count). The van der Waals surface area contributed by atoms with Crippen molar-refractivity contribution in [1.82, 2.24) is 34.1 Å². The lowest BCUT2D eigenvalue weighted by atomic mass is 10.1. The van der Waals surface area contributed by atoms with Crippen LogP contribution in [0.2, 0.25) is 0 Å². The van der Waals surface area contributed by atoms with Crippen LogP contribution in [-0.2, 0) is 33.4 Å². The Labute approximate surface area is 294 Å². The lowest BCUT2D eigenvalue weighted by Crippen LogP contribution is -1.88. The first-order valence-corrected chi connectivity index (χ1v) is 16.9. The topological polar surface area (TPSA) is 74.3 Å². The van der Waals surface area contributed by atoms with Gasteiger partial charge in [-0.15, -0.1) is 0 Å². The fraction of sp³-hybridized carbons (Fsp3) is 0.186. The van der Waals surface area contributed by atoms with Crippen LogP contribution in [0.1, 0.15) is 50.2 Å². The third-order valence-corrected chi connectivity index (χ3v) is 8.95. The summed E-state index contributed by atoms with van der Waals surface area (Å²) < 4.78 is 3.96. The minimum Gasteiger partial charge on any atom is -0.334 e.